The van der Waals surface area contributed by atoms with Gasteiger partial charge in [-0.3, -0.25) is 4.99 Å². The Hall–Kier alpha value is -1.62. The summed E-state index contributed by atoms with van der Waals surface area (Å²) >= 11 is 0. The van der Waals surface area contributed by atoms with E-state index in [4.69, 9.17) is 0 Å². The maximum Gasteiger partial charge on any atom is 0.191 e. The van der Waals surface area contributed by atoms with Crippen molar-refractivity contribution in [1.29, 1.82) is 0 Å². The molecule has 1 aliphatic rings. The van der Waals surface area contributed by atoms with E-state index in [1.54, 1.807) is 19.2 Å². The second-order valence-corrected chi connectivity index (χ2v) is 7.29. The second-order valence-electron chi connectivity index (χ2n) is 7.29. The van der Waals surface area contributed by atoms with Crippen LogP contribution < -0.4 is 16.0 Å². The van der Waals surface area contributed by atoms with Crippen molar-refractivity contribution < 1.29 is 4.39 Å². The summed E-state index contributed by atoms with van der Waals surface area (Å²) in [7, 11) is 1.76. The van der Waals surface area contributed by atoms with E-state index in [0.29, 0.717) is 6.54 Å². The highest BCUT2D eigenvalue weighted by molar-refractivity contribution is 5.79. The molecule has 1 aromatic carbocycles. The first kappa shape index (κ1) is 17.7. The lowest BCUT2D eigenvalue weighted by molar-refractivity contribution is 0.428. The zero-order valence-corrected chi connectivity index (χ0v) is 14.7. The molecule has 0 spiro atoms. The molecular weight excluding hydrogens is 291 g/mol. The van der Waals surface area contributed by atoms with Crippen molar-refractivity contribution in [3.8, 4) is 0 Å². The number of hydrogen-bond acceptors (Lipinski definition) is 2. The average Bonchev–Trinajstić information content (AvgIpc) is 3.27. The van der Waals surface area contributed by atoms with Crippen LogP contribution in [0, 0.1) is 5.82 Å². The molecule has 0 saturated heterocycles. The third-order valence-corrected chi connectivity index (χ3v) is 4.19. The molecule has 1 aromatic rings. The van der Waals surface area contributed by atoms with Gasteiger partial charge in [-0.1, -0.05) is 18.2 Å². The lowest BCUT2D eigenvalue weighted by atomic mass is 9.95. The number of nitrogens with zero attached hydrogens (tertiary/aromatic N) is 1. The molecule has 4 nitrogen and oxygen atoms in total. The van der Waals surface area contributed by atoms with Gasteiger partial charge in [-0.15, -0.1) is 0 Å². The van der Waals surface area contributed by atoms with Crippen LogP contribution in [0.15, 0.2) is 29.3 Å². The van der Waals surface area contributed by atoms with Crippen LogP contribution in [-0.2, 0) is 5.41 Å². The van der Waals surface area contributed by atoms with Gasteiger partial charge in [0.25, 0.3) is 0 Å². The van der Waals surface area contributed by atoms with Gasteiger partial charge in [-0.25, -0.2) is 4.39 Å². The summed E-state index contributed by atoms with van der Waals surface area (Å²) in [6, 6.07) is 7.09. The van der Waals surface area contributed by atoms with Crippen molar-refractivity contribution >= 4 is 5.96 Å². The van der Waals surface area contributed by atoms with E-state index >= 15 is 0 Å². The Kier molecular flexibility index (Phi) is 5.63. The Morgan fingerprint density at radius 1 is 1.17 bits per heavy atom. The molecule has 128 valence electrons. The molecule has 23 heavy (non-hydrogen) atoms. The molecule has 0 atom stereocenters. The first-order valence-corrected chi connectivity index (χ1v) is 8.31. The van der Waals surface area contributed by atoms with Gasteiger partial charge in [-0.05, 0) is 45.2 Å². The zero-order chi connectivity index (χ0) is 16.9. The molecule has 2 rings (SSSR count). The summed E-state index contributed by atoms with van der Waals surface area (Å²) in [6.45, 7) is 8.80. The molecule has 0 amide bonds. The number of benzene rings is 1. The monoisotopic (exact) mass is 320 g/mol. The Morgan fingerprint density at radius 2 is 1.87 bits per heavy atom. The predicted molar refractivity (Wildman–Crippen MR) is 94.4 cm³/mol. The molecule has 3 N–H and O–H groups in total. The third-order valence-electron chi connectivity index (χ3n) is 4.19. The van der Waals surface area contributed by atoms with Crippen LogP contribution in [0.2, 0.25) is 0 Å². The molecular formula is C18H29FN4. The predicted octanol–water partition coefficient (Wildman–Crippen LogP) is 2.41. The number of hydrogen-bond donors (Lipinski definition) is 3. The molecule has 0 aliphatic heterocycles. The lowest BCUT2D eigenvalue weighted by Crippen LogP contribution is -2.46. The van der Waals surface area contributed by atoms with Crippen LogP contribution in [0.3, 0.4) is 0 Å². The summed E-state index contributed by atoms with van der Waals surface area (Å²) in [5.41, 5.74) is 0.853. The summed E-state index contributed by atoms with van der Waals surface area (Å²) in [5, 5.41) is 10.1. The second kappa shape index (κ2) is 7.30. The van der Waals surface area contributed by atoms with E-state index in [2.05, 4.69) is 41.7 Å². The fourth-order valence-electron chi connectivity index (χ4n) is 2.68. The molecule has 0 unspecified atom stereocenters. The van der Waals surface area contributed by atoms with Crippen LogP contribution >= 0.6 is 0 Å². The van der Waals surface area contributed by atoms with Gasteiger partial charge in [0.1, 0.15) is 5.82 Å². The van der Waals surface area contributed by atoms with Crippen LogP contribution in [0.25, 0.3) is 0 Å². The standard InChI is InChI=1S/C18H29FN4/c1-17(2,3)23-12-11-21-16(20-4)22-13-18(9-10-18)14-7-5-6-8-15(14)19/h5-8,23H,9-13H2,1-4H3,(H2,20,21,22). The van der Waals surface area contributed by atoms with Crippen molar-refractivity contribution in [2.24, 2.45) is 4.99 Å². The van der Waals surface area contributed by atoms with Gasteiger partial charge in [0.2, 0.25) is 0 Å². The number of nitrogens with one attached hydrogen (secondary N) is 3. The van der Waals surface area contributed by atoms with Gasteiger partial charge in [-0.2, -0.15) is 0 Å². The van der Waals surface area contributed by atoms with Gasteiger partial charge >= 0.3 is 0 Å². The number of rotatable bonds is 6. The Balaban J connectivity index is 1.81. The molecule has 0 aromatic heterocycles. The highest BCUT2D eigenvalue weighted by Gasteiger charge is 2.45. The minimum absolute atomic E-state index is 0.0768. The normalized spacial score (nSPS) is 17.0. The van der Waals surface area contributed by atoms with E-state index < -0.39 is 0 Å². The summed E-state index contributed by atoms with van der Waals surface area (Å²) in [6.07, 6.45) is 2.03. The number of halogens is 1. The smallest absolute Gasteiger partial charge is 0.191 e. The summed E-state index contributed by atoms with van der Waals surface area (Å²) < 4.78 is 14.0. The first-order valence-electron chi connectivity index (χ1n) is 8.31. The quantitative estimate of drug-likeness (QED) is 0.429. The first-order chi connectivity index (χ1) is 10.9. The zero-order valence-electron chi connectivity index (χ0n) is 14.7. The Labute approximate surface area is 139 Å². The largest absolute Gasteiger partial charge is 0.356 e. The van der Waals surface area contributed by atoms with Gasteiger partial charge in [0, 0.05) is 37.6 Å². The van der Waals surface area contributed by atoms with E-state index in [0.717, 1.165) is 37.5 Å². The fraction of sp³-hybridized carbons (Fsp3) is 0.611. The lowest BCUT2D eigenvalue weighted by Gasteiger charge is -2.22. The molecule has 5 heteroatoms. The van der Waals surface area contributed by atoms with Crippen molar-refractivity contribution in [2.75, 3.05) is 26.7 Å². The van der Waals surface area contributed by atoms with E-state index in [1.165, 1.54) is 0 Å². The van der Waals surface area contributed by atoms with Crippen LogP contribution in [0.4, 0.5) is 4.39 Å². The number of aliphatic imine (C=N–C) groups is 1. The topological polar surface area (TPSA) is 48.5 Å². The van der Waals surface area contributed by atoms with E-state index in [-0.39, 0.29) is 16.8 Å². The van der Waals surface area contributed by atoms with Gasteiger partial charge < -0.3 is 16.0 Å². The maximum atomic E-state index is 14.0. The fourth-order valence-corrected chi connectivity index (χ4v) is 2.68. The molecule has 1 aliphatic carbocycles. The molecule has 1 saturated carbocycles. The van der Waals surface area contributed by atoms with Crippen molar-refractivity contribution in [1.82, 2.24) is 16.0 Å². The minimum atomic E-state index is -0.107. The van der Waals surface area contributed by atoms with Crippen molar-refractivity contribution in [2.45, 2.75) is 44.6 Å². The van der Waals surface area contributed by atoms with Crippen molar-refractivity contribution in [3.63, 3.8) is 0 Å². The Bertz CT molecular complexity index is 544. The summed E-state index contributed by atoms with van der Waals surface area (Å²) in [5.74, 6) is 0.660. The number of guanidine groups is 1. The minimum Gasteiger partial charge on any atom is -0.356 e. The Morgan fingerprint density at radius 3 is 2.43 bits per heavy atom. The van der Waals surface area contributed by atoms with Gasteiger partial charge in [0.15, 0.2) is 5.96 Å². The van der Waals surface area contributed by atoms with E-state index in [9.17, 15) is 4.39 Å². The van der Waals surface area contributed by atoms with Crippen LogP contribution in [-0.4, -0.2) is 38.2 Å². The van der Waals surface area contributed by atoms with Gasteiger partial charge in [0.05, 0.1) is 0 Å². The molecule has 1 fully saturated rings. The van der Waals surface area contributed by atoms with E-state index in [1.807, 2.05) is 12.1 Å². The van der Waals surface area contributed by atoms with Crippen molar-refractivity contribution in [3.05, 3.63) is 35.6 Å². The highest BCUT2D eigenvalue weighted by atomic mass is 19.1. The summed E-state index contributed by atoms with van der Waals surface area (Å²) in [4.78, 5) is 4.24. The maximum absolute atomic E-state index is 14.0. The third kappa shape index (κ3) is 5.20. The molecule has 0 radical (unpaired) electrons. The SMILES string of the molecule is CN=C(NCCNC(C)(C)C)NCC1(c2ccccc2F)CC1. The van der Waals surface area contributed by atoms with Crippen LogP contribution in [0.5, 0.6) is 0 Å². The molecule has 0 heterocycles. The average molecular weight is 320 g/mol. The molecule has 0 bridgehead atoms. The highest BCUT2D eigenvalue weighted by Crippen LogP contribution is 2.48. The van der Waals surface area contributed by atoms with Crippen LogP contribution in [0.1, 0.15) is 39.2 Å².